The van der Waals surface area contributed by atoms with Gasteiger partial charge in [-0.05, 0) is 31.7 Å². The zero-order valence-electron chi connectivity index (χ0n) is 10.2. The van der Waals surface area contributed by atoms with Gasteiger partial charge in [0.15, 0.2) is 0 Å². The maximum Gasteiger partial charge on any atom is 0.265 e. The van der Waals surface area contributed by atoms with E-state index in [0.29, 0.717) is 12.1 Å². The smallest absolute Gasteiger partial charge is 0.265 e. The van der Waals surface area contributed by atoms with E-state index in [1.807, 2.05) is 24.1 Å². The largest absolute Gasteiger partial charge is 0.392 e. The number of nitrogen functional groups attached to an aromatic ring is 1. The lowest BCUT2D eigenvalue weighted by molar-refractivity contribution is 0.0953. The molecule has 0 aliphatic heterocycles. The van der Waals surface area contributed by atoms with E-state index in [-0.39, 0.29) is 12.0 Å². The van der Waals surface area contributed by atoms with Gasteiger partial charge in [0.25, 0.3) is 5.91 Å². The van der Waals surface area contributed by atoms with E-state index in [1.54, 1.807) is 19.1 Å². The van der Waals surface area contributed by atoms with Crippen LogP contribution in [0.15, 0.2) is 24.3 Å². The Bertz CT molecular complexity index is 363. The first-order chi connectivity index (χ1) is 8.02. The zero-order valence-corrected chi connectivity index (χ0v) is 10.2. The first-order valence-electron chi connectivity index (χ1n) is 5.49. The van der Waals surface area contributed by atoms with Crippen LogP contribution in [0.2, 0.25) is 0 Å². The molecule has 0 heterocycles. The number of hydrazine groups is 1. The second-order valence-electron chi connectivity index (χ2n) is 4.22. The summed E-state index contributed by atoms with van der Waals surface area (Å²) in [5.74, 6) is 4.74. The average molecular weight is 237 g/mol. The van der Waals surface area contributed by atoms with Crippen molar-refractivity contribution < 1.29 is 9.90 Å². The fourth-order valence-corrected chi connectivity index (χ4v) is 1.67. The number of aliphatic hydroxyl groups is 1. The van der Waals surface area contributed by atoms with Gasteiger partial charge in [0.05, 0.1) is 6.10 Å². The first kappa shape index (κ1) is 13.6. The molecule has 4 N–H and O–H groups in total. The van der Waals surface area contributed by atoms with Crippen LogP contribution in [0.1, 0.15) is 22.8 Å². The molecule has 5 nitrogen and oxygen atoms in total. The predicted octanol–water partition coefficient (Wildman–Crippen LogP) is 0.103. The molecule has 1 aromatic rings. The molecule has 94 valence electrons. The molecule has 0 aliphatic rings. The van der Waals surface area contributed by atoms with E-state index in [4.69, 9.17) is 5.84 Å². The van der Waals surface area contributed by atoms with Gasteiger partial charge in [-0.2, -0.15) is 0 Å². The molecule has 1 atom stereocenters. The van der Waals surface area contributed by atoms with Crippen LogP contribution in [0.25, 0.3) is 0 Å². The summed E-state index contributed by atoms with van der Waals surface area (Å²) in [4.78, 5) is 13.2. The highest BCUT2D eigenvalue weighted by Gasteiger charge is 2.06. The van der Waals surface area contributed by atoms with Crippen molar-refractivity contribution in [2.24, 2.45) is 5.84 Å². The number of nitrogens with one attached hydrogen (secondary N) is 1. The van der Waals surface area contributed by atoms with Crippen LogP contribution in [0.5, 0.6) is 0 Å². The Morgan fingerprint density at radius 2 is 2.06 bits per heavy atom. The number of nitrogens with zero attached hydrogens (tertiary/aromatic N) is 1. The number of likely N-dealkylation sites (N-methyl/N-ethyl adjacent to an activating group) is 1. The van der Waals surface area contributed by atoms with Gasteiger partial charge in [0.2, 0.25) is 0 Å². The molecule has 0 radical (unpaired) electrons. The van der Waals surface area contributed by atoms with Gasteiger partial charge in [-0.25, -0.2) is 5.84 Å². The summed E-state index contributed by atoms with van der Waals surface area (Å²) in [6.45, 7) is 3.10. The number of benzene rings is 1. The van der Waals surface area contributed by atoms with Gasteiger partial charge in [-0.3, -0.25) is 15.1 Å². The van der Waals surface area contributed by atoms with Crippen molar-refractivity contribution in [3.63, 3.8) is 0 Å². The molecule has 0 bridgehead atoms. The van der Waals surface area contributed by atoms with Crippen LogP contribution in [-0.2, 0) is 6.54 Å². The third-order valence-electron chi connectivity index (χ3n) is 2.38. The third-order valence-corrected chi connectivity index (χ3v) is 2.38. The maximum atomic E-state index is 11.2. The summed E-state index contributed by atoms with van der Waals surface area (Å²) >= 11 is 0. The van der Waals surface area contributed by atoms with E-state index in [0.717, 1.165) is 12.1 Å². The van der Waals surface area contributed by atoms with Crippen molar-refractivity contribution in [3.05, 3.63) is 35.4 Å². The Balaban J connectivity index is 2.59. The van der Waals surface area contributed by atoms with Crippen LogP contribution in [0.3, 0.4) is 0 Å². The van der Waals surface area contributed by atoms with Crippen LogP contribution in [-0.4, -0.2) is 35.6 Å². The van der Waals surface area contributed by atoms with Gasteiger partial charge in [-0.15, -0.1) is 0 Å². The minimum atomic E-state index is -0.345. The summed E-state index contributed by atoms with van der Waals surface area (Å²) in [6.07, 6.45) is -0.345. The second kappa shape index (κ2) is 6.34. The fraction of sp³-hybridized carbons (Fsp3) is 0.417. The second-order valence-corrected chi connectivity index (χ2v) is 4.22. The molecular formula is C12H19N3O2. The van der Waals surface area contributed by atoms with E-state index in [2.05, 4.69) is 5.43 Å². The Morgan fingerprint density at radius 3 is 2.53 bits per heavy atom. The highest BCUT2D eigenvalue weighted by atomic mass is 16.3. The van der Waals surface area contributed by atoms with Gasteiger partial charge in [0.1, 0.15) is 0 Å². The lowest BCUT2D eigenvalue weighted by Crippen LogP contribution is -2.30. The zero-order chi connectivity index (χ0) is 12.8. The molecule has 17 heavy (non-hydrogen) atoms. The molecule has 1 rings (SSSR count). The van der Waals surface area contributed by atoms with Crippen LogP contribution in [0, 0.1) is 0 Å². The monoisotopic (exact) mass is 237 g/mol. The molecule has 0 saturated carbocycles. The minimum absolute atomic E-state index is 0.297. The number of rotatable bonds is 5. The Hall–Kier alpha value is -1.43. The van der Waals surface area contributed by atoms with Crippen LogP contribution in [0.4, 0.5) is 0 Å². The maximum absolute atomic E-state index is 11.2. The molecular weight excluding hydrogens is 218 g/mol. The van der Waals surface area contributed by atoms with Crippen molar-refractivity contribution >= 4 is 5.91 Å². The molecule has 1 unspecified atom stereocenters. The standard InChI is InChI=1S/C12H19N3O2/c1-9(16)7-15(2)8-10-3-5-11(6-4-10)12(17)14-13/h3-6,9,16H,7-8,13H2,1-2H3,(H,14,17). The molecule has 1 aromatic carbocycles. The molecule has 0 spiro atoms. The predicted molar refractivity (Wildman–Crippen MR) is 66.1 cm³/mol. The molecule has 0 aliphatic carbocycles. The molecule has 5 heteroatoms. The lowest BCUT2D eigenvalue weighted by atomic mass is 10.1. The summed E-state index contributed by atoms with van der Waals surface area (Å²) in [7, 11) is 1.94. The normalized spacial score (nSPS) is 12.5. The van der Waals surface area contributed by atoms with Crippen molar-refractivity contribution in [1.82, 2.24) is 10.3 Å². The summed E-state index contributed by atoms with van der Waals surface area (Å²) in [6, 6.07) is 7.22. The molecule has 0 aromatic heterocycles. The number of hydrogen-bond donors (Lipinski definition) is 3. The van der Waals surface area contributed by atoms with Crippen LogP contribution >= 0.6 is 0 Å². The highest BCUT2D eigenvalue weighted by molar-refractivity contribution is 5.93. The Kier molecular flexibility index (Phi) is 5.09. The van der Waals surface area contributed by atoms with Gasteiger partial charge < -0.3 is 5.11 Å². The third kappa shape index (κ3) is 4.52. The number of hydrogen-bond acceptors (Lipinski definition) is 4. The van der Waals surface area contributed by atoms with Crippen molar-refractivity contribution in [2.45, 2.75) is 19.6 Å². The molecule has 1 amide bonds. The van der Waals surface area contributed by atoms with E-state index in [9.17, 15) is 9.90 Å². The van der Waals surface area contributed by atoms with Gasteiger partial charge >= 0.3 is 0 Å². The topological polar surface area (TPSA) is 78.6 Å². The fourth-order valence-electron chi connectivity index (χ4n) is 1.67. The van der Waals surface area contributed by atoms with E-state index < -0.39 is 0 Å². The molecule has 0 fully saturated rings. The van der Waals surface area contributed by atoms with Crippen molar-refractivity contribution in [1.29, 1.82) is 0 Å². The number of carbonyl (C=O) groups excluding carboxylic acids is 1. The number of nitrogens with two attached hydrogens (primary N) is 1. The lowest BCUT2D eigenvalue weighted by Gasteiger charge is -2.18. The Labute approximate surface area is 101 Å². The van der Waals surface area contributed by atoms with E-state index in [1.165, 1.54) is 0 Å². The molecule has 0 saturated heterocycles. The quantitative estimate of drug-likeness (QED) is 0.385. The minimum Gasteiger partial charge on any atom is -0.392 e. The number of amides is 1. The number of aliphatic hydroxyl groups excluding tert-OH is 1. The van der Waals surface area contributed by atoms with Crippen molar-refractivity contribution in [3.8, 4) is 0 Å². The van der Waals surface area contributed by atoms with Crippen LogP contribution < -0.4 is 11.3 Å². The SMILES string of the molecule is CC(O)CN(C)Cc1ccc(C(=O)NN)cc1. The van der Waals surface area contributed by atoms with E-state index >= 15 is 0 Å². The Morgan fingerprint density at radius 1 is 1.47 bits per heavy atom. The summed E-state index contributed by atoms with van der Waals surface area (Å²) in [5, 5.41) is 9.24. The summed E-state index contributed by atoms with van der Waals surface area (Å²) in [5.41, 5.74) is 3.71. The number of carbonyl (C=O) groups is 1. The highest BCUT2D eigenvalue weighted by Crippen LogP contribution is 2.07. The summed E-state index contributed by atoms with van der Waals surface area (Å²) < 4.78 is 0. The van der Waals surface area contributed by atoms with Crippen molar-refractivity contribution in [2.75, 3.05) is 13.6 Å². The average Bonchev–Trinajstić information content (AvgIpc) is 2.28. The van der Waals surface area contributed by atoms with Gasteiger partial charge in [-0.1, -0.05) is 12.1 Å². The van der Waals surface area contributed by atoms with Gasteiger partial charge in [0, 0.05) is 18.7 Å². The first-order valence-corrected chi connectivity index (χ1v) is 5.49.